The maximum absolute atomic E-state index is 12.5. The summed E-state index contributed by atoms with van der Waals surface area (Å²) in [7, 11) is 1.59. The van der Waals surface area contributed by atoms with Gasteiger partial charge < -0.3 is 15.4 Å². The zero-order chi connectivity index (χ0) is 17.9. The molecule has 1 fully saturated rings. The molecule has 1 aromatic carbocycles. The average molecular weight is 388 g/mol. The van der Waals surface area contributed by atoms with Crippen LogP contribution in [0.5, 0.6) is 5.88 Å². The zero-order valence-corrected chi connectivity index (χ0v) is 15.8. The van der Waals surface area contributed by atoms with E-state index in [1.165, 1.54) is 0 Å². The summed E-state index contributed by atoms with van der Waals surface area (Å²) in [5.41, 5.74) is 1.95. The lowest BCUT2D eigenvalue weighted by Gasteiger charge is -2.22. The Morgan fingerprint density at radius 1 is 1.30 bits per heavy atom. The second kappa shape index (κ2) is 8.37. The van der Waals surface area contributed by atoms with Gasteiger partial charge in [-0.15, -0.1) is 12.4 Å². The van der Waals surface area contributed by atoms with Gasteiger partial charge in [0.05, 0.1) is 18.7 Å². The molecule has 142 valence electrons. The molecule has 1 amide bonds. The van der Waals surface area contributed by atoms with Crippen molar-refractivity contribution in [1.29, 1.82) is 0 Å². The number of ether oxygens (including phenoxy) is 1. The lowest BCUT2D eigenvalue weighted by molar-refractivity contribution is 0.102. The number of hydrogen-bond donors (Lipinski definition) is 2. The largest absolute Gasteiger partial charge is 0.481 e. The maximum Gasteiger partial charge on any atom is 0.276 e. The van der Waals surface area contributed by atoms with Gasteiger partial charge in [0.2, 0.25) is 5.88 Å². The molecule has 2 N–H and O–H groups in total. The van der Waals surface area contributed by atoms with Gasteiger partial charge in [0.1, 0.15) is 0 Å². The highest BCUT2D eigenvalue weighted by atomic mass is 35.5. The highest BCUT2D eigenvalue weighted by Crippen LogP contribution is 2.21. The first-order valence-corrected chi connectivity index (χ1v) is 8.75. The minimum absolute atomic E-state index is 0. The summed E-state index contributed by atoms with van der Waals surface area (Å²) < 4.78 is 7.02. The summed E-state index contributed by atoms with van der Waals surface area (Å²) in [6.45, 7) is 1.94. The van der Waals surface area contributed by atoms with Crippen LogP contribution in [0.15, 0.2) is 42.6 Å². The van der Waals surface area contributed by atoms with E-state index in [2.05, 4.69) is 20.7 Å². The highest BCUT2D eigenvalue weighted by Gasteiger charge is 2.17. The van der Waals surface area contributed by atoms with Gasteiger partial charge in [0.15, 0.2) is 5.69 Å². The number of halogens is 1. The molecule has 1 aliphatic rings. The lowest BCUT2D eigenvalue weighted by atomic mass is 10.1. The van der Waals surface area contributed by atoms with Crippen molar-refractivity contribution in [3.63, 3.8) is 0 Å². The Kier molecular flexibility index (Phi) is 5.93. The maximum atomic E-state index is 12.5. The third kappa shape index (κ3) is 4.20. The van der Waals surface area contributed by atoms with Crippen LogP contribution < -0.4 is 15.4 Å². The Morgan fingerprint density at radius 2 is 2.19 bits per heavy atom. The number of carbonyl (C=O) groups is 1. The number of anilines is 1. The second-order valence-corrected chi connectivity index (χ2v) is 6.40. The number of rotatable bonds is 4. The molecule has 1 unspecified atom stereocenters. The third-order valence-electron chi connectivity index (χ3n) is 4.62. The van der Waals surface area contributed by atoms with E-state index in [1.54, 1.807) is 19.2 Å². The molecule has 27 heavy (non-hydrogen) atoms. The van der Waals surface area contributed by atoms with Crippen molar-refractivity contribution in [2.45, 2.75) is 18.9 Å². The van der Waals surface area contributed by atoms with E-state index >= 15 is 0 Å². The minimum atomic E-state index is -0.215. The predicted octanol–water partition coefficient (Wildman–Crippen LogP) is 3.04. The van der Waals surface area contributed by atoms with E-state index in [4.69, 9.17) is 4.74 Å². The summed E-state index contributed by atoms with van der Waals surface area (Å²) in [5.74, 6) is 0.352. The quantitative estimate of drug-likeness (QED) is 0.719. The van der Waals surface area contributed by atoms with Crippen LogP contribution in [-0.4, -0.2) is 40.9 Å². The number of fused-ring (bicyclic) bond motifs is 1. The van der Waals surface area contributed by atoms with Gasteiger partial charge in [0.25, 0.3) is 5.91 Å². The summed E-state index contributed by atoms with van der Waals surface area (Å²) in [5, 5.41) is 11.6. The molecule has 7 nitrogen and oxygen atoms in total. The fourth-order valence-electron chi connectivity index (χ4n) is 3.22. The predicted molar refractivity (Wildman–Crippen MR) is 107 cm³/mol. The Hall–Kier alpha value is -2.64. The molecule has 3 heterocycles. The number of aromatic nitrogens is 3. The highest BCUT2D eigenvalue weighted by molar-refractivity contribution is 6.03. The van der Waals surface area contributed by atoms with E-state index in [9.17, 15) is 4.79 Å². The number of methoxy groups -OCH3 is 1. The Bertz CT molecular complexity index is 937. The van der Waals surface area contributed by atoms with Crippen LogP contribution in [0.25, 0.3) is 10.9 Å². The first-order valence-electron chi connectivity index (χ1n) is 8.75. The van der Waals surface area contributed by atoms with Gasteiger partial charge in [-0.1, -0.05) is 0 Å². The van der Waals surface area contributed by atoms with Gasteiger partial charge in [-0.3, -0.25) is 9.48 Å². The van der Waals surface area contributed by atoms with Crippen molar-refractivity contribution in [1.82, 2.24) is 20.1 Å². The molecule has 0 radical (unpaired) electrons. The van der Waals surface area contributed by atoms with Crippen LogP contribution in [-0.2, 0) is 0 Å². The summed E-state index contributed by atoms with van der Waals surface area (Å²) in [6, 6.07) is 11.4. The molecule has 0 bridgehead atoms. The van der Waals surface area contributed by atoms with Crippen LogP contribution in [0.2, 0.25) is 0 Å². The topological polar surface area (TPSA) is 81.1 Å². The first kappa shape index (κ1) is 19.1. The standard InChI is InChI=1S/C19H21N5O2.ClH/c1-26-18-7-4-13-11-14(5-6-16(13)22-18)21-19(25)17-8-10-24(23-17)15-3-2-9-20-12-15;/h4-8,10-11,15,20H,2-3,9,12H2,1H3,(H,21,25);1H. The number of amides is 1. The smallest absolute Gasteiger partial charge is 0.276 e. The van der Waals surface area contributed by atoms with Crippen LogP contribution in [0.1, 0.15) is 29.4 Å². The lowest BCUT2D eigenvalue weighted by Crippen LogP contribution is -2.32. The molecule has 2 aromatic heterocycles. The van der Waals surface area contributed by atoms with Crippen molar-refractivity contribution in [3.8, 4) is 5.88 Å². The van der Waals surface area contributed by atoms with Gasteiger partial charge in [-0.25, -0.2) is 4.98 Å². The van der Waals surface area contributed by atoms with Crippen molar-refractivity contribution in [3.05, 3.63) is 48.3 Å². The summed E-state index contributed by atoms with van der Waals surface area (Å²) in [4.78, 5) is 16.9. The van der Waals surface area contributed by atoms with Crippen molar-refractivity contribution in [2.24, 2.45) is 0 Å². The van der Waals surface area contributed by atoms with E-state index in [0.717, 1.165) is 36.8 Å². The molecule has 3 aromatic rings. The van der Waals surface area contributed by atoms with Crippen molar-refractivity contribution >= 4 is 34.9 Å². The fourth-order valence-corrected chi connectivity index (χ4v) is 3.22. The second-order valence-electron chi connectivity index (χ2n) is 6.40. The van der Waals surface area contributed by atoms with Crippen molar-refractivity contribution < 1.29 is 9.53 Å². The van der Waals surface area contributed by atoms with E-state index in [0.29, 0.717) is 23.3 Å². The average Bonchev–Trinajstić information content (AvgIpc) is 3.18. The summed E-state index contributed by atoms with van der Waals surface area (Å²) in [6.07, 6.45) is 4.09. The fraction of sp³-hybridized carbons (Fsp3) is 0.316. The van der Waals surface area contributed by atoms with Gasteiger partial charge in [0, 0.05) is 29.9 Å². The molecule has 1 aliphatic heterocycles. The molecule has 0 spiro atoms. The van der Waals surface area contributed by atoms with Crippen LogP contribution in [0, 0.1) is 0 Å². The van der Waals surface area contributed by atoms with E-state index in [1.807, 2.05) is 35.1 Å². The Labute approximate surface area is 163 Å². The minimum Gasteiger partial charge on any atom is -0.481 e. The monoisotopic (exact) mass is 387 g/mol. The van der Waals surface area contributed by atoms with E-state index < -0.39 is 0 Å². The number of hydrogen-bond acceptors (Lipinski definition) is 5. The molecule has 0 aliphatic carbocycles. The number of carbonyl (C=O) groups excluding carboxylic acids is 1. The number of pyridine rings is 1. The van der Waals surface area contributed by atoms with Crippen LogP contribution in [0.4, 0.5) is 5.69 Å². The van der Waals surface area contributed by atoms with Gasteiger partial charge in [-0.05, 0) is 49.7 Å². The molecular weight excluding hydrogens is 366 g/mol. The molecular formula is C19H22ClN5O2. The van der Waals surface area contributed by atoms with Crippen LogP contribution >= 0.6 is 12.4 Å². The molecule has 8 heteroatoms. The molecule has 4 rings (SSSR count). The SMILES string of the molecule is COc1ccc2cc(NC(=O)c3ccn(C4CCCNC4)n3)ccc2n1.Cl. The number of nitrogens with one attached hydrogen (secondary N) is 2. The Morgan fingerprint density at radius 3 is 2.96 bits per heavy atom. The number of nitrogens with zero attached hydrogens (tertiary/aromatic N) is 3. The van der Waals surface area contributed by atoms with E-state index in [-0.39, 0.29) is 18.3 Å². The zero-order valence-electron chi connectivity index (χ0n) is 15.0. The van der Waals surface area contributed by atoms with Crippen molar-refractivity contribution in [2.75, 3.05) is 25.5 Å². The normalized spacial score (nSPS) is 16.6. The number of benzene rings is 1. The van der Waals surface area contributed by atoms with Gasteiger partial charge in [-0.2, -0.15) is 5.10 Å². The number of piperidine rings is 1. The third-order valence-corrected chi connectivity index (χ3v) is 4.62. The first-order chi connectivity index (χ1) is 12.7. The van der Waals surface area contributed by atoms with Crippen LogP contribution in [0.3, 0.4) is 0 Å². The molecule has 1 atom stereocenters. The summed E-state index contributed by atoms with van der Waals surface area (Å²) >= 11 is 0. The molecule has 1 saturated heterocycles. The molecule has 0 saturated carbocycles. The van der Waals surface area contributed by atoms with Gasteiger partial charge >= 0.3 is 0 Å². The Balaban J connectivity index is 0.00000210.